The number of aromatic nitrogens is 2. The molecule has 100 valence electrons. The van der Waals surface area contributed by atoms with Crippen molar-refractivity contribution in [2.75, 3.05) is 0 Å². The van der Waals surface area contributed by atoms with Crippen LogP contribution < -0.4 is 5.32 Å². The highest BCUT2D eigenvalue weighted by Crippen LogP contribution is 2.22. The van der Waals surface area contributed by atoms with E-state index in [2.05, 4.69) is 10.4 Å². The lowest BCUT2D eigenvalue weighted by molar-refractivity contribution is 0.593. The minimum absolute atomic E-state index is 0.657. The average Bonchev–Trinajstić information content (AvgIpc) is 3.11. The van der Waals surface area contributed by atoms with E-state index in [9.17, 15) is 0 Å². The summed E-state index contributed by atoms with van der Waals surface area (Å²) in [6.07, 6.45) is 4.40. The van der Waals surface area contributed by atoms with Gasteiger partial charge in [0.15, 0.2) is 0 Å². The SMILES string of the molecule is Clc1ccc(Cn2nccc2CNC2CC2)c(Cl)c1. The zero-order chi connectivity index (χ0) is 13.2. The minimum Gasteiger partial charge on any atom is -0.308 e. The molecule has 0 bridgehead atoms. The summed E-state index contributed by atoms with van der Waals surface area (Å²) in [5.41, 5.74) is 2.21. The Labute approximate surface area is 122 Å². The molecule has 3 rings (SSSR count). The third-order valence-electron chi connectivity index (χ3n) is 3.29. The number of benzene rings is 1. The molecule has 1 aliphatic carbocycles. The first-order valence-corrected chi connectivity index (χ1v) is 7.16. The van der Waals surface area contributed by atoms with Gasteiger partial charge in [0, 0.05) is 28.8 Å². The molecule has 1 aromatic heterocycles. The van der Waals surface area contributed by atoms with E-state index in [0.29, 0.717) is 22.6 Å². The molecule has 1 saturated carbocycles. The highest BCUT2D eigenvalue weighted by atomic mass is 35.5. The topological polar surface area (TPSA) is 29.9 Å². The van der Waals surface area contributed by atoms with Gasteiger partial charge in [-0.25, -0.2) is 0 Å². The molecule has 0 spiro atoms. The number of halogens is 2. The standard InChI is InChI=1S/C14H15Cl2N3/c15-11-2-1-10(14(16)7-11)9-19-13(5-6-18-19)8-17-12-3-4-12/h1-2,5-7,12,17H,3-4,8-9H2. The van der Waals surface area contributed by atoms with Crippen molar-refractivity contribution < 1.29 is 0 Å². The Morgan fingerprint density at radius 1 is 1.26 bits per heavy atom. The molecule has 19 heavy (non-hydrogen) atoms. The maximum atomic E-state index is 6.20. The molecule has 2 aromatic rings. The van der Waals surface area contributed by atoms with E-state index >= 15 is 0 Å². The molecule has 1 aliphatic rings. The van der Waals surface area contributed by atoms with Gasteiger partial charge in [0.1, 0.15) is 0 Å². The lowest BCUT2D eigenvalue weighted by atomic mass is 10.2. The summed E-state index contributed by atoms with van der Waals surface area (Å²) in [6, 6.07) is 8.31. The molecule has 3 nitrogen and oxygen atoms in total. The van der Waals surface area contributed by atoms with E-state index in [1.54, 1.807) is 6.07 Å². The Balaban J connectivity index is 1.73. The number of nitrogens with zero attached hydrogens (tertiary/aromatic N) is 2. The summed E-state index contributed by atoms with van der Waals surface area (Å²) in [6.45, 7) is 1.53. The smallest absolute Gasteiger partial charge is 0.0677 e. The fraction of sp³-hybridized carbons (Fsp3) is 0.357. The van der Waals surface area contributed by atoms with Gasteiger partial charge in [-0.05, 0) is 36.6 Å². The van der Waals surface area contributed by atoms with Gasteiger partial charge in [0.25, 0.3) is 0 Å². The lowest BCUT2D eigenvalue weighted by Gasteiger charge is -2.10. The monoisotopic (exact) mass is 295 g/mol. The zero-order valence-corrected chi connectivity index (χ0v) is 12.0. The fourth-order valence-electron chi connectivity index (χ4n) is 2.00. The van der Waals surface area contributed by atoms with E-state index < -0.39 is 0 Å². The normalized spacial score (nSPS) is 14.8. The van der Waals surface area contributed by atoms with Crippen LogP contribution in [0.3, 0.4) is 0 Å². The van der Waals surface area contributed by atoms with Crippen LogP contribution in [-0.4, -0.2) is 15.8 Å². The molecule has 0 amide bonds. The van der Waals surface area contributed by atoms with Crippen molar-refractivity contribution in [1.82, 2.24) is 15.1 Å². The maximum Gasteiger partial charge on any atom is 0.0677 e. The van der Waals surface area contributed by atoms with Crippen molar-refractivity contribution in [1.29, 1.82) is 0 Å². The second-order valence-corrected chi connectivity index (χ2v) is 5.71. The Morgan fingerprint density at radius 2 is 2.11 bits per heavy atom. The molecule has 5 heteroatoms. The molecule has 0 atom stereocenters. The molecule has 1 heterocycles. The summed E-state index contributed by atoms with van der Waals surface area (Å²) in [5, 5.41) is 9.19. The maximum absolute atomic E-state index is 6.20. The fourth-order valence-corrected chi connectivity index (χ4v) is 2.47. The van der Waals surface area contributed by atoms with Crippen LogP contribution in [0.15, 0.2) is 30.5 Å². The average molecular weight is 296 g/mol. The minimum atomic E-state index is 0.657. The van der Waals surface area contributed by atoms with Gasteiger partial charge in [-0.15, -0.1) is 0 Å². The largest absolute Gasteiger partial charge is 0.308 e. The summed E-state index contributed by atoms with van der Waals surface area (Å²) >= 11 is 12.1. The van der Waals surface area contributed by atoms with Gasteiger partial charge < -0.3 is 5.32 Å². The van der Waals surface area contributed by atoms with Crippen molar-refractivity contribution in [3.8, 4) is 0 Å². The molecule has 0 radical (unpaired) electrons. The van der Waals surface area contributed by atoms with E-state index in [1.165, 1.54) is 18.5 Å². The Bertz CT molecular complexity index is 576. The molecule has 1 aromatic carbocycles. The van der Waals surface area contributed by atoms with Crippen LogP contribution in [0.2, 0.25) is 10.0 Å². The van der Waals surface area contributed by atoms with Crippen molar-refractivity contribution in [3.05, 3.63) is 51.8 Å². The number of hydrogen-bond acceptors (Lipinski definition) is 2. The molecule has 0 saturated heterocycles. The van der Waals surface area contributed by atoms with Crippen LogP contribution in [0, 0.1) is 0 Å². The highest BCUT2D eigenvalue weighted by Gasteiger charge is 2.20. The third kappa shape index (κ3) is 3.30. The predicted molar refractivity (Wildman–Crippen MR) is 77.7 cm³/mol. The third-order valence-corrected chi connectivity index (χ3v) is 3.88. The molecule has 1 N–H and O–H groups in total. The first-order valence-electron chi connectivity index (χ1n) is 6.40. The van der Waals surface area contributed by atoms with E-state index in [0.717, 1.165) is 12.1 Å². The molecule has 1 fully saturated rings. The van der Waals surface area contributed by atoms with Crippen LogP contribution in [0.4, 0.5) is 0 Å². The lowest BCUT2D eigenvalue weighted by Crippen LogP contribution is -2.19. The first-order chi connectivity index (χ1) is 9.22. The summed E-state index contributed by atoms with van der Waals surface area (Å²) in [4.78, 5) is 0. The van der Waals surface area contributed by atoms with Crippen molar-refractivity contribution in [2.24, 2.45) is 0 Å². The van der Waals surface area contributed by atoms with Gasteiger partial charge in [0.05, 0.1) is 12.2 Å². The Kier molecular flexibility index (Phi) is 3.78. The molecule has 0 aliphatic heterocycles. The summed E-state index contributed by atoms with van der Waals surface area (Å²) in [5.74, 6) is 0. The van der Waals surface area contributed by atoms with Gasteiger partial charge >= 0.3 is 0 Å². The second-order valence-electron chi connectivity index (χ2n) is 4.87. The summed E-state index contributed by atoms with van der Waals surface area (Å²) < 4.78 is 1.98. The predicted octanol–water partition coefficient (Wildman–Crippen LogP) is 3.49. The zero-order valence-electron chi connectivity index (χ0n) is 10.4. The second kappa shape index (κ2) is 5.53. The quantitative estimate of drug-likeness (QED) is 0.915. The van der Waals surface area contributed by atoms with Crippen LogP contribution in [0.1, 0.15) is 24.1 Å². The van der Waals surface area contributed by atoms with Crippen LogP contribution in [0.5, 0.6) is 0 Å². The van der Waals surface area contributed by atoms with Gasteiger partial charge in [-0.2, -0.15) is 5.10 Å². The molecular weight excluding hydrogens is 281 g/mol. The Morgan fingerprint density at radius 3 is 2.84 bits per heavy atom. The van der Waals surface area contributed by atoms with Crippen molar-refractivity contribution >= 4 is 23.2 Å². The molecular formula is C14H15Cl2N3. The van der Waals surface area contributed by atoms with Gasteiger partial charge in [-0.3, -0.25) is 4.68 Å². The van der Waals surface area contributed by atoms with Crippen LogP contribution in [0.25, 0.3) is 0 Å². The van der Waals surface area contributed by atoms with Crippen molar-refractivity contribution in [2.45, 2.75) is 32.0 Å². The first kappa shape index (κ1) is 13.0. The van der Waals surface area contributed by atoms with E-state index in [-0.39, 0.29) is 0 Å². The van der Waals surface area contributed by atoms with Crippen LogP contribution in [-0.2, 0) is 13.1 Å². The van der Waals surface area contributed by atoms with Crippen LogP contribution >= 0.6 is 23.2 Å². The van der Waals surface area contributed by atoms with Gasteiger partial charge in [-0.1, -0.05) is 29.3 Å². The number of hydrogen-bond donors (Lipinski definition) is 1. The van der Waals surface area contributed by atoms with E-state index in [4.69, 9.17) is 23.2 Å². The van der Waals surface area contributed by atoms with Crippen molar-refractivity contribution in [3.63, 3.8) is 0 Å². The van der Waals surface area contributed by atoms with E-state index in [1.807, 2.05) is 29.1 Å². The summed E-state index contributed by atoms with van der Waals surface area (Å²) in [7, 11) is 0. The van der Waals surface area contributed by atoms with Gasteiger partial charge in [0.2, 0.25) is 0 Å². The Hall–Kier alpha value is -1.03. The highest BCUT2D eigenvalue weighted by molar-refractivity contribution is 6.35. The number of nitrogens with one attached hydrogen (secondary N) is 1. The number of rotatable bonds is 5. The molecule has 0 unspecified atom stereocenters.